The standard InChI is InChI=1S/C14H21ClN2O2/c1-9(16)7-10-5-6-11(8-12(10)15)17-13(18)19-14(2,3)4/h5-6,8-9H,7,16H2,1-4H3,(H,17,18)/t9-/m0/s1. The van der Waals surface area contributed by atoms with Crippen molar-refractivity contribution in [1.82, 2.24) is 0 Å². The lowest BCUT2D eigenvalue weighted by molar-refractivity contribution is 0.0636. The van der Waals surface area contributed by atoms with Gasteiger partial charge in [-0.2, -0.15) is 0 Å². The molecule has 0 saturated carbocycles. The molecule has 1 aromatic carbocycles. The number of nitrogens with two attached hydrogens (primary N) is 1. The molecule has 3 N–H and O–H groups in total. The highest BCUT2D eigenvalue weighted by atomic mass is 35.5. The number of hydrogen-bond donors (Lipinski definition) is 2. The first-order valence-corrected chi connectivity index (χ1v) is 6.59. The maximum absolute atomic E-state index is 11.6. The second kappa shape index (κ2) is 6.26. The number of hydrogen-bond acceptors (Lipinski definition) is 3. The third-order valence-electron chi connectivity index (χ3n) is 2.24. The number of rotatable bonds is 3. The van der Waals surface area contributed by atoms with Gasteiger partial charge in [-0.15, -0.1) is 0 Å². The van der Waals surface area contributed by atoms with E-state index >= 15 is 0 Å². The Morgan fingerprint density at radius 2 is 2.11 bits per heavy atom. The highest BCUT2D eigenvalue weighted by molar-refractivity contribution is 6.31. The molecule has 0 fully saturated rings. The second-order valence-electron chi connectivity index (χ2n) is 5.61. The van der Waals surface area contributed by atoms with Crippen molar-refractivity contribution in [3.8, 4) is 0 Å². The molecule has 0 aliphatic heterocycles. The van der Waals surface area contributed by atoms with Crippen LogP contribution in [0.25, 0.3) is 0 Å². The lowest BCUT2D eigenvalue weighted by Crippen LogP contribution is -2.27. The van der Waals surface area contributed by atoms with Gasteiger partial charge in [0.05, 0.1) is 0 Å². The number of carbonyl (C=O) groups is 1. The van der Waals surface area contributed by atoms with E-state index in [4.69, 9.17) is 22.1 Å². The van der Waals surface area contributed by atoms with Crippen LogP contribution in [-0.4, -0.2) is 17.7 Å². The first kappa shape index (κ1) is 15.8. The molecule has 4 nitrogen and oxygen atoms in total. The summed E-state index contributed by atoms with van der Waals surface area (Å²) < 4.78 is 5.16. The number of amides is 1. The van der Waals surface area contributed by atoms with Gasteiger partial charge < -0.3 is 10.5 Å². The minimum Gasteiger partial charge on any atom is -0.444 e. The molecule has 1 rings (SSSR count). The Morgan fingerprint density at radius 3 is 2.58 bits per heavy atom. The highest BCUT2D eigenvalue weighted by Crippen LogP contribution is 2.22. The summed E-state index contributed by atoms with van der Waals surface area (Å²) >= 11 is 6.14. The molecule has 0 aliphatic carbocycles. The van der Waals surface area contributed by atoms with E-state index in [0.29, 0.717) is 17.1 Å². The van der Waals surface area contributed by atoms with Gasteiger partial charge in [0.25, 0.3) is 0 Å². The van der Waals surface area contributed by atoms with Crippen LogP contribution < -0.4 is 11.1 Å². The van der Waals surface area contributed by atoms with Crippen molar-refractivity contribution in [2.75, 3.05) is 5.32 Å². The highest BCUT2D eigenvalue weighted by Gasteiger charge is 2.16. The van der Waals surface area contributed by atoms with Gasteiger partial charge in [-0.25, -0.2) is 4.79 Å². The summed E-state index contributed by atoms with van der Waals surface area (Å²) in [5, 5.41) is 3.23. The molecule has 0 heterocycles. The monoisotopic (exact) mass is 284 g/mol. The van der Waals surface area contributed by atoms with Crippen molar-refractivity contribution in [2.24, 2.45) is 5.73 Å². The van der Waals surface area contributed by atoms with Crippen LogP contribution in [0, 0.1) is 0 Å². The van der Waals surface area contributed by atoms with Crippen molar-refractivity contribution in [1.29, 1.82) is 0 Å². The van der Waals surface area contributed by atoms with E-state index in [2.05, 4.69) is 5.32 Å². The topological polar surface area (TPSA) is 64.3 Å². The van der Waals surface area contributed by atoms with Crippen LogP contribution in [0.3, 0.4) is 0 Å². The van der Waals surface area contributed by atoms with Crippen LogP contribution in [0.1, 0.15) is 33.3 Å². The predicted molar refractivity (Wildman–Crippen MR) is 78.7 cm³/mol. The maximum Gasteiger partial charge on any atom is 0.412 e. The third kappa shape index (κ3) is 5.94. The molecule has 0 unspecified atom stereocenters. The summed E-state index contributed by atoms with van der Waals surface area (Å²) in [5.41, 5.74) is 6.78. The Morgan fingerprint density at radius 1 is 1.47 bits per heavy atom. The minimum absolute atomic E-state index is 0.0437. The SMILES string of the molecule is C[C@H](N)Cc1ccc(NC(=O)OC(C)(C)C)cc1Cl. The van der Waals surface area contributed by atoms with Gasteiger partial charge >= 0.3 is 6.09 Å². The summed E-state index contributed by atoms with van der Waals surface area (Å²) in [6, 6.07) is 5.39. The van der Waals surface area contributed by atoms with E-state index < -0.39 is 11.7 Å². The molecule has 1 aromatic rings. The first-order valence-electron chi connectivity index (χ1n) is 6.21. The summed E-state index contributed by atoms with van der Waals surface area (Å²) in [5.74, 6) is 0. The molecule has 1 atom stereocenters. The van der Waals surface area contributed by atoms with Crippen molar-refractivity contribution in [2.45, 2.75) is 45.8 Å². The van der Waals surface area contributed by atoms with Crippen molar-refractivity contribution >= 4 is 23.4 Å². The Labute approximate surface area is 119 Å². The minimum atomic E-state index is -0.525. The number of ether oxygens (including phenoxy) is 1. The molecular formula is C14H21ClN2O2. The molecule has 0 aliphatic rings. The van der Waals surface area contributed by atoms with Crippen LogP contribution in [0.5, 0.6) is 0 Å². The smallest absolute Gasteiger partial charge is 0.412 e. The van der Waals surface area contributed by atoms with Crippen LogP contribution >= 0.6 is 11.6 Å². The van der Waals surface area contributed by atoms with Gasteiger partial charge in [0.15, 0.2) is 0 Å². The van der Waals surface area contributed by atoms with Gasteiger partial charge in [0.2, 0.25) is 0 Å². The molecule has 0 bridgehead atoms. The normalized spacial score (nSPS) is 12.9. The summed E-state index contributed by atoms with van der Waals surface area (Å²) in [4.78, 5) is 11.6. The summed E-state index contributed by atoms with van der Waals surface area (Å²) in [6.45, 7) is 7.35. The van der Waals surface area contributed by atoms with Crippen LogP contribution in [0.2, 0.25) is 5.02 Å². The van der Waals surface area contributed by atoms with E-state index in [1.54, 1.807) is 12.1 Å². The number of anilines is 1. The fraction of sp³-hybridized carbons (Fsp3) is 0.500. The lowest BCUT2D eigenvalue weighted by atomic mass is 10.1. The number of benzene rings is 1. The van der Waals surface area contributed by atoms with Gasteiger partial charge in [0.1, 0.15) is 5.60 Å². The van der Waals surface area contributed by atoms with Gasteiger partial charge in [0, 0.05) is 16.8 Å². The lowest BCUT2D eigenvalue weighted by Gasteiger charge is -2.20. The predicted octanol–water partition coefficient (Wildman–Crippen LogP) is 3.58. The average Bonchev–Trinajstić information content (AvgIpc) is 2.18. The molecule has 1 amide bonds. The van der Waals surface area contributed by atoms with Crippen molar-refractivity contribution in [3.05, 3.63) is 28.8 Å². The van der Waals surface area contributed by atoms with Crippen LogP contribution in [0.15, 0.2) is 18.2 Å². The largest absolute Gasteiger partial charge is 0.444 e. The zero-order valence-electron chi connectivity index (χ0n) is 11.8. The summed E-state index contributed by atoms with van der Waals surface area (Å²) in [6.07, 6.45) is 0.203. The third-order valence-corrected chi connectivity index (χ3v) is 2.59. The molecular weight excluding hydrogens is 264 g/mol. The molecule has 0 saturated heterocycles. The van der Waals surface area contributed by atoms with E-state index in [9.17, 15) is 4.79 Å². The van der Waals surface area contributed by atoms with Crippen molar-refractivity contribution < 1.29 is 9.53 Å². The first-order chi connectivity index (χ1) is 8.67. The molecule has 5 heteroatoms. The van der Waals surface area contributed by atoms with E-state index in [-0.39, 0.29) is 6.04 Å². The Kier molecular flexibility index (Phi) is 5.20. The Hall–Kier alpha value is -1.26. The Bertz CT molecular complexity index is 453. The van der Waals surface area contributed by atoms with E-state index in [0.717, 1.165) is 5.56 Å². The molecule has 106 valence electrons. The van der Waals surface area contributed by atoms with Gasteiger partial charge in [-0.3, -0.25) is 5.32 Å². The second-order valence-corrected chi connectivity index (χ2v) is 6.02. The molecule has 0 spiro atoms. The molecule has 0 aromatic heterocycles. The van der Waals surface area contributed by atoms with Gasteiger partial charge in [-0.05, 0) is 51.8 Å². The number of nitrogens with one attached hydrogen (secondary N) is 1. The maximum atomic E-state index is 11.6. The number of halogens is 1. The fourth-order valence-corrected chi connectivity index (χ4v) is 1.82. The quantitative estimate of drug-likeness (QED) is 0.892. The fourth-order valence-electron chi connectivity index (χ4n) is 1.56. The van der Waals surface area contributed by atoms with Gasteiger partial charge in [-0.1, -0.05) is 17.7 Å². The zero-order chi connectivity index (χ0) is 14.6. The average molecular weight is 285 g/mol. The van der Waals surface area contributed by atoms with E-state index in [1.807, 2.05) is 33.8 Å². The summed E-state index contributed by atoms with van der Waals surface area (Å²) in [7, 11) is 0. The Balaban J connectivity index is 2.71. The molecule has 0 radical (unpaired) electrons. The molecule has 19 heavy (non-hydrogen) atoms. The van der Waals surface area contributed by atoms with Crippen LogP contribution in [-0.2, 0) is 11.2 Å². The zero-order valence-corrected chi connectivity index (χ0v) is 12.5. The number of carbonyl (C=O) groups excluding carboxylic acids is 1. The van der Waals surface area contributed by atoms with Crippen molar-refractivity contribution in [3.63, 3.8) is 0 Å². The van der Waals surface area contributed by atoms with E-state index in [1.165, 1.54) is 0 Å². The van der Waals surface area contributed by atoms with Crippen LogP contribution in [0.4, 0.5) is 10.5 Å².